The second kappa shape index (κ2) is 7.66. The highest BCUT2D eigenvalue weighted by Crippen LogP contribution is 2.26. The maximum absolute atomic E-state index is 11.0. The summed E-state index contributed by atoms with van der Waals surface area (Å²) in [7, 11) is 1.69. The molecule has 94 valence electrons. The van der Waals surface area contributed by atoms with Gasteiger partial charge in [0.05, 0.1) is 0 Å². The monoisotopic (exact) mass is 226 g/mol. The third kappa shape index (κ3) is 4.97. The standard InChI is InChI=1S/C13H26N2O/c1-11(12-7-4-3-5-8-12)15-10-6-9-13(16)14-2/h11-12,15H,3-10H2,1-2H3,(H,14,16)/t11-/m0/s1. The summed E-state index contributed by atoms with van der Waals surface area (Å²) >= 11 is 0. The van der Waals surface area contributed by atoms with Crippen LogP contribution in [0, 0.1) is 5.92 Å². The number of rotatable bonds is 6. The van der Waals surface area contributed by atoms with Crippen molar-refractivity contribution in [1.29, 1.82) is 0 Å². The Balaban J connectivity index is 2.05. The molecule has 0 heterocycles. The average molecular weight is 226 g/mol. The van der Waals surface area contributed by atoms with Gasteiger partial charge in [0.25, 0.3) is 0 Å². The van der Waals surface area contributed by atoms with E-state index in [1.54, 1.807) is 7.05 Å². The Kier molecular flexibility index (Phi) is 6.46. The molecule has 1 saturated carbocycles. The molecule has 0 aromatic rings. The fraction of sp³-hybridized carbons (Fsp3) is 0.923. The number of amides is 1. The molecule has 0 aliphatic heterocycles. The largest absolute Gasteiger partial charge is 0.359 e. The van der Waals surface area contributed by atoms with Crippen LogP contribution in [0.4, 0.5) is 0 Å². The van der Waals surface area contributed by atoms with E-state index in [0.717, 1.165) is 18.9 Å². The van der Waals surface area contributed by atoms with Gasteiger partial charge >= 0.3 is 0 Å². The second-order valence-electron chi connectivity index (χ2n) is 4.92. The number of hydrogen-bond acceptors (Lipinski definition) is 2. The third-order valence-corrected chi connectivity index (χ3v) is 3.68. The Labute approximate surface area is 99.4 Å². The quantitative estimate of drug-likeness (QED) is 0.681. The topological polar surface area (TPSA) is 41.1 Å². The van der Waals surface area contributed by atoms with E-state index >= 15 is 0 Å². The first kappa shape index (κ1) is 13.5. The van der Waals surface area contributed by atoms with Crippen molar-refractivity contribution in [3.63, 3.8) is 0 Å². The van der Waals surface area contributed by atoms with Gasteiger partial charge in [-0.15, -0.1) is 0 Å². The smallest absolute Gasteiger partial charge is 0.219 e. The summed E-state index contributed by atoms with van der Waals surface area (Å²) in [6.45, 7) is 3.25. The minimum absolute atomic E-state index is 0.145. The van der Waals surface area contributed by atoms with Gasteiger partial charge in [0.2, 0.25) is 5.91 Å². The molecular weight excluding hydrogens is 200 g/mol. The lowest BCUT2D eigenvalue weighted by atomic mass is 9.84. The van der Waals surface area contributed by atoms with E-state index in [0.29, 0.717) is 12.5 Å². The van der Waals surface area contributed by atoms with Crippen LogP contribution < -0.4 is 10.6 Å². The van der Waals surface area contributed by atoms with E-state index in [1.165, 1.54) is 32.1 Å². The summed E-state index contributed by atoms with van der Waals surface area (Å²) in [5.74, 6) is 1.00. The first-order valence-electron chi connectivity index (χ1n) is 6.68. The molecule has 0 aromatic heterocycles. The van der Waals surface area contributed by atoms with Crippen molar-refractivity contribution < 1.29 is 4.79 Å². The van der Waals surface area contributed by atoms with E-state index in [9.17, 15) is 4.79 Å². The maximum Gasteiger partial charge on any atom is 0.219 e. The summed E-state index contributed by atoms with van der Waals surface area (Å²) in [5.41, 5.74) is 0. The van der Waals surface area contributed by atoms with Crippen molar-refractivity contribution in [2.75, 3.05) is 13.6 Å². The van der Waals surface area contributed by atoms with Crippen molar-refractivity contribution in [3.8, 4) is 0 Å². The van der Waals surface area contributed by atoms with Gasteiger partial charge in [0.1, 0.15) is 0 Å². The Morgan fingerprint density at radius 2 is 2.00 bits per heavy atom. The van der Waals surface area contributed by atoms with Gasteiger partial charge in [-0.25, -0.2) is 0 Å². The molecule has 1 atom stereocenters. The van der Waals surface area contributed by atoms with Crippen molar-refractivity contribution in [3.05, 3.63) is 0 Å². The van der Waals surface area contributed by atoms with Crippen LogP contribution in [0.15, 0.2) is 0 Å². The fourth-order valence-electron chi connectivity index (χ4n) is 2.50. The molecule has 1 amide bonds. The fourth-order valence-corrected chi connectivity index (χ4v) is 2.50. The zero-order chi connectivity index (χ0) is 11.8. The summed E-state index contributed by atoms with van der Waals surface area (Å²) < 4.78 is 0. The van der Waals surface area contributed by atoms with Gasteiger partial charge in [-0.05, 0) is 38.6 Å². The number of hydrogen-bond donors (Lipinski definition) is 2. The lowest BCUT2D eigenvalue weighted by Gasteiger charge is -2.28. The first-order chi connectivity index (χ1) is 7.74. The minimum Gasteiger partial charge on any atom is -0.359 e. The van der Waals surface area contributed by atoms with Crippen LogP contribution in [0.5, 0.6) is 0 Å². The Bertz CT molecular complexity index is 200. The van der Waals surface area contributed by atoms with Gasteiger partial charge in [-0.3, -0.25) is 4.79 Å². The molecule has 1 rings (SSSR count). The normalized spacial score (nSPS) is 19.4. The molecule has 2 N–H and O–H groups in total. The Hall–Kier alpha value is -0.570. The van der Waals surface area contributed by atoms with Gasteiger partial charge in [0.15, 0.2) is 0 Å². The third-order valence-electron chi connectivity index (χ3n) is 3.68. The highest BCUT2D eigenvalue weighted by Gasteiger charge is 2.19. The van der Waals surface area contributed by atoms with Gasteiger partial charge < -0.3 is 10.6 Å². The molecule has 3 heteroatoms. The average Bonchev–Trinajstić information content (AvgIpc) is 2.35. The molecule has 0 spiro atoms. The van der Waals surface area contributed by atoms with Crippen molar-refractivity contribution >= 4 is 5.91 Å². The van der Waals surface area contributed by atoms with E-state index in [-0.39, 0.29) is 5.91 Å². The summed E-state index contributed by atoms with van der Waals surface area (Å²) in [4.78, 5) is 11.0. The molecule has 0 radical (unpaired) electrons. The molecule has 16 heavy (non-hydrogen) atoms. The molecule has 3 nitrogen and oxygen atoms in total. The SMILES string of the molecule is CNC(=O)CCCN[C@@H](C)C1CCCCC1. The van der Waals surface area contributed by atoms with Crippen LogP contribution in [-0.4, -0.2) is 25.5 Å². The molecule has 0 unspecified atom stereocenters. The highest BCUT2D eigenvalue weighted by atomic mass is 16.1. The first-order valence-corrected chi connectivity index (χ1v) is 6.68. The second-order valence-corrected chi connectivity index (χ2v) is 4.92. The molecular formula is C13H26N2O. The predicted octanol–water partition coefficient (Wildman–Crippen LogP) is 2.07. The van der Waals surface area contributed by atoms with E-state index < -0.39 is 0 Å². The van der Waals surface area contributed by atoms with Crippen LogP contribution in [-0.2, 0) is 4.79 Å². The van der Waals surface area contributed by atoms with E-state index in [4.69, 9.17) is 0 Å². The van der Waals surface area contributed by atoms with Crippen LogP contribution in [0.3, 0.4) is 0 Å². The van der Waals surface area contributed by atoms with Gasteiger partial charge in [0, 0.05) is 19.5 Å². The summed E-state index contributed by atoms with van der Waals surface area (Å²) in [6.07, 6.45) is 8.55. The molecule has 1 aliphatic rings. The van der Waals surface area contributed by atoms with Crippen molar-refractivity contribution in [2.24, 2.45) is 5.92 Å². The minimum atomic E-state index is 0.145. The molecule has 1 aliphatic carbocycles. The maximum atomic E-state index is 11.0. The molecule has 0 aromatic carbocycles. The van der Waals surface area contributed by atoms with Crippen LogP contribution in [0.2, 0.25) is 0 Å². The van der Waals surface area contributed by atoms with Gasteiger partial charge in [-0.1, -0.05) is 19.3 Å². The van der Waals surface area contributed by atoms with Crippen molar-refractivity contribution in [2.45, 2.75) is 57.9 Å². The van der Waals surface area contributed by atoms with Crippen LogP contribution in [0.1, 0.15) is 51.9 Å². The van der Waals surface area contributed by atoms with E-state index in [1.807, 2.05) is 0 Å². The lowest BCUT2D eigenvalue weighted by molar-refractivity contribution is -0.120. The van der Waals surface area contributed by atoms with Crippen LogP contribution >= 0.6 is 0 Å². The number of nitrogens with one attached hydrogen (secondary N) is 2. The zero-order valence-corrected chi connectivity index (χ0v) is 10.7. The summed E-state index contributed by atoms with van der Waals surface area (Å²) in [6, 6.07) is 0.616. The van der Waals surface area contributed by atoms with Gasteiger partial charge in [-0.2, -0.15) is 0 Å². The lowest BCUT2D eigenvalue weighted by Crippen LogP contribution is -2.35. The van der Waals surface area contributed by atoms with Crippen molar-refractivity contribution in [1.82, 2.24) is 10.6 Å². The Morgan fingerprint density at radius 1 is 1.31 bits per heavy atom. The molecule has 0 saturated heterocycles. The molecule has 0 bridgehead atoms. The summed E-state index contributed by atoms with van der Waals surface area (Å²) in [5, 5.41) is 6.20. The Morgan fingerprint density at radius 3 is 2.62 bits per heavy atom. The molecule has 1 fully saturated rings. The number of carbonyl (C=O) groups is 1. The zero-order valence-electron chi connectivity index (χ0n) is 10.7. The highest BCUT2D eigenvalue weighted by molar-refractivity contribution is 5.75. The van der Waals surface area contributed by atoms with E-state index in [2.05, 4.69) is 17.6 Å². The predicted molar refractivity (Wildman–Crippen MR) is 67.3 cm³/mol. The van der Waals surface area contributed by atoms with Crippen LogP contribution in [0.25, 0.3) is 0 Å². The number of carbonyl (C=O) groups excluding carboxylic acids is 1.